The summed E-state index contributed by atoms with van der Waals surface area (Å²) in [5.41, 5.74) is 4.61. The van der Waals surface area contributed by atoms with Crippen LogP contribution in [0.25, 0.3) is 0 Å². The molecule has 0 bridgehead atoms. The highest BCUT2D eigenvalue weighted by atomic mass is 35.5. The third kappa shape index (κ3) is 3.04. The molecule has 0 unspecified atom stereocenters. The van der Waals surface area contributed by atoms with Crippen LogP contribution in [0, 0.1) is 0 Å². The second-order valence-electron chi connectivity index (χ2n) is 4.29. The summed E-state index contributed by atoms with van der Waals surface area (Å²) in [5, 5.41) is 0.155. The van der Waals surface area contributed by atoms with Crippen LogP contribution in [0.3, 0.4) is 0 Å². The Kier molecular flexibility index (Phi) is 2.99. The zero-order valence-corrected chi connectivity index (χ0v) is 9.61. The maximum atomic E-state index is 12.5. The summed E-state index contributed by atoms with van der Waals surface area (Å²) in [6.07, 6.45) is -2.75. The van der Waals surface area contributed by atoms with Crippen molar-refractivity contribution in [1.82, 2.24) is 0 Å². The average molecular weight is 266 g/mol. The third-order valence-corrected chi connectivity index (χ3v) is 2.98. The van der Waals surface area contributed by atoms with Gasteiger partial charge in [-0.1, -0.05) is 11.6 Å². The van der Waals surface area contributed by atoms with Crippen molar-refractivity contribution in [3.63, 3.8) is 0 Å². The van der Waals surface area contributed by atoms with Crippen LogP contribution >= 0.6 is 11.6 Å². The van der Waals surface area contributed by atoms with Crippen LogP contribution in [0.1, 0.15) is 18.4 Å². The molecule has 2 nitrogen and oxygen atoms in total. The van der Waals surface area contributed by atoms with Gasteiger partial charge in [-0.25, -0.2) is 0 Å². The predicted molar refractivity (Wildman–Crippen MR) is 58.1 cm³/mol. The number of halogens is 4. The van der Waals surface area contributed by atoms with Crippen LogP contribution in [0.4, 0.5) is 13.2 Å². The summed E-state index contributed by atoms with van der Waals surface area (Å²) >= 11 is 5.76. The lowest BCUT2D eigenvalue weighted by Crippen LogP contribution is -2.29. The second-order valence-corrected chi connectivity index (χ2v) is 4.70. The number of alkyl halides is 3. The second kappa shape index (κ2) is 4.07. The fourth-order valence-electron chi connectivity index (χ4n) is 1.32. The number of rotatable bonds is 3. The largest absolute Gasteiger partial charge is 0.490 e. The van der Waals surface area contributed by atoms with Crippen molar-refractivity contribution in [2.75, 3.05) is 6.61 Å². The number of nitrogens with two attached hydrogens (primary N) is 1. The molecule has 0 spiro atoms. The van der Waals surface area contributed by atoms with Gasteiger partial charge in [0.2, 0.25) is 0 Å². The summed E-state index contributed by atoms with van der Waals surface area (Å²) < 4.78 is 42.6. The molecule has 1 aliphatic carbocycles. The van der Waals surface area contributed by atoms with E-state index >= 15 is 0 Å². The van der Waals surface area contributed by atoms with Gasteiger partial charge >= 0.3 is 6.18 Å². The van der Waals surface area contributed by atoms with Gasteiger partial charge in [0, 0.05) is 0 Å². The first-order chi connectivity index (χ1) is 7.80. The number of ether oxygens (including phenoxy) is 1. The van der Waals surface area contributed by atoms with E-state index < -0.39 is 17.3 Å². The number of benzene rings is 1. The van der Waals surface area contributed by atoms with E-state index in [0.29, 0.717) is 0 Å². The van der Waals surface area contributed by atoms with Gasteiger partial charge in [-0.3, -0.25) is 0 Å². The van der Waals surface area contributed by atoms with Crippen molar-refractivity contribution >= 4 is 11.6 Å². The molecular formula is C11H11ClF3NO. The van der Waals surface area contributed by atoms with Crippen LogP contribution in [-0.2, 0) is 6.18 Å². The third-order valence-electron chi connectivity index (χ3n) is 2.67. The first kappa shape index (κ1) is 12.5. The van der Waals surface area contributed by atoms with E-state index in [0.717, 1.165) is 25.0 Å². The highest BCUT2D eigenvalue weighted by Gasteiger charge is 2.39. The van der Waals surface area contributed by atoms with Crippen LogP contribution < -0.4 is 10.5 Å². The quantitative estimate of drug-likeness (QED) is 0.911. The molecular weight excluding hydrogens is 255 g/mol. The molecule has 0 heterocycles. The Labute approximate surface area is 102 Å². The lowest BCUT2D eigenvalue weighted by atomic mass is 10.2. The van der Waals surface area contributed by atoms with E-state index in [2.05, 4.69) is 0 Å². The van der Waals surface area contributed by atoms with Gasteiger partial charge in [0.1, 0.15) is 12.4 Å². The lowest BCUT2D eigenvalue weighted by Gasteiger charge is -2.14. The van der Waals surface area contributed by atoms with Gasteiger partial charge < -0.3 is 10.5 Å². The Balaban J connectivity index is 2.14. The van der Waals surface area contributed by atoms with Crippen molar-refractivity contribution < 1.29 is 17.9 Å². The molecule has 0 aliphatic heterocycles. The Hall–Kier alpha value is -0.940. The van der Waals surface area contributed by atoms with Crippen LogP contribution in [-0.4, -0.2) is 12.1 Å². The monoisotopic (exact) mass is 265 g/mol. The standard InChI is InChI=1S/C11H11ClF3NO/c12-8-2-1-7(11(13,14)15)5-9(8)17-6-10(16)3-4-10/h1-2,5H,3-4,6,16H2. The molecule has 0 atom stereocenters. The predicted octanol–water partition coefficient (Wildman–Crippen LogP) is 3.23. The summed E-state index contributed by atoms with van der Waals surface area (Å²) in [4.78, 5) is 0. The normalized spacial score (nSPS) is 17.9. The number of hydrogen-bond donors (Lipinski definition) is 1. The molecule has 1 aromatic rings. The van der Waals surface area contributed by atoms with Gasteiger partial charge in [-0.05, 0) is 31.0 Å². The Morgan fingerprint density at radius 2 is 2.00 bits per heavy atom. The maximum Gasteiger partial charge on any atom is 0.416 e. The molecule has 0 saturated heterocycles. The van der Waals surface area contributed by atoms with Gasteiger partial charge in [0.15, 0.2) is 0 Å². The minimum absolute atomic E-state index is 0.0261. The van der Waals surface area contributed by atoms with Crippen molar-refractivity contribution in [2.45, 2.75) is 24.6 Å². The zero-order chi connectivity index (χ0) is 12.7. The minimum Gasteiger partial charge on any atom is -0.490 e. The molecule has 1 saturated carbocycles. The van der Waals surface area contributed by atoms with Gasteiger partial charge in [0.25, 0.3) is 0 Å². The van der Waals surface area contributed by atoms with Crippen molar-refractivity contribution in [3.8, 4) is 5.75 Å². The van der Waals surface area contributed by atoms with Crippen LogP contribution in [0.5, 0.6) is 5.75 Å². The molecule has 17 heavy (non-hydrogen) atoms. The number of hydrogen-bond acceptors (Lipinski definition) is 2. The van der Waals surface area contributed by atoms with E-state index in [1.807, 2.05) is 0 Å². The molecule has 0 radical (unpaired) electrons. The maximum absolute atomic E-state index is 12.5. The van der Waals surface area contributed by atoms with Crippen molar-refractivity contribution in [3.05, 3.63) is 28.8 Å². The minimum atomic E-state index is -4.40. The summed E-state index contributed by atoms with van der Waals surface area (Å²) in [5.74, 6) is 0.0261. The molecule has 1 aliphatic rings. The van der Waals surface area contributed by atoms with Crippen molar-refractivity contribution in [2.24, 2.45) is 5.73 Å². The van der Waals surface area contributed by atoms with E-state index in [1.165, 1.54) is 6.07 Å². The van der Waals surface area contributed by atoms with E-state index in [1.54, 1.807) is 0 Å². The molecule has 1 aromatic carbocycles. The summed E-state index contributed by atoms with van der Waals surface area (Å²) in [6, 6.07) is 2.99. The summed E-state index contributed by atoms with van der Waals surface area (Å²) in [6.45, 7) is 0.189. The summed E-state index contributed by atoms with van der Waals surface area (Å²) in [7, 11) is 0. The first-order valence-electron chi connectivity index (χ1n) is 5.09. The van der Waals surface area contributed by atoms with Gasteiger partial charge in [0.05, 0.1) is 16.1 Å². The van der Waals surface area contributed by atoms with Gasteiger partial charge in [-0.2, -0.15) is 13.2 Å². The van der Waals surface area contributed by atoms with Gasteiger partial charge in [-0.15, -0.1) is 0 Å². The molecule has 0 amide bonds. The Morgan fingerprint density at radius 1 is 1.35 bits per heavy atom. The fraction of sp³-hybridized carbons (Fsp3) is 0.455. The van der Waals surface area contributed by atoms with Crippen molar-refractivity contribution in [1.29, 1.82) is 0 Å². The SMILES string of the molecule is NC1(COc2cc(C(F)(F)F)ccc2Cl)CC1. The first-order valence-corrected chi connectivity index (χ1v) is 5.46. The Bertz CT molecular complexity index is 429. The van der Waals surface area contributed by atoms with Crippen LogP contribution in [0.2, 0.25) is 5.02 Å². The molecule has 1 fully saturated rings. The fourth-order valence-corrected chi connectivity index (χ4v) is 1.49. The van der Waals surface area contributed by atoms with E-state index in [9.17, 15) is 13.2 Å². The van der Waals surface area contributed by atoms with Crippen LogP contribution in [0.15, 0.2) is 18.2 Å². The van der Waals surface area contributed by atoms with E-state index in [-0.39, 0.29) is 17.4 Å². The average Bonchev–Trinajstić information content (AvgIpc) is 2.94. The molecule has 94 valence electrons. The molecule has 0 aromatic heterocycles. The lowest BCUT2D eigenvalue weighted by molar-refractivity contribution is -0.137. The smallest absolute Gasteiger partial charge is 0.416 e. The highest BCUT2D eigenvalue weighted by molar-refractivity contribution is 6.32. The zero-order valence-electron chi connectivity index (χ0n) is 8.85. The van der Waals surface area contributed by atoms with E-state index in [4.69, 9.17) is 22.1 Å². The highest BCUT2D eigenvalue weighted by Crippen LogP contribution is 2.37. The topological polar surface area (TPSA) is 35.2 Å². The Morgan fingerprint density at radius 3 is 2.53 bits per heavy atom. The molecule has 6 heteroatoms. The molecule has 2 N–H and O–H groups in total. The molecule has 2 rings (SSSR count).